The van der Waals surface area contributed by atoms with Gasteiger partial charge in [-0.25, -0.2) is 4.39 Å². The molecule has 2 aromatic rings. The molecule has 0 bridgehead atoms. The third kappa shape index (κ3) is 3.88. The lowest BCUT2D eigenvalue weighted by atomic mass is 9.95. The lowest BCUT2D eigenvalue weighted by molar-refractivity contribution is -0.129. The average molecular weight is 388 g/mol. The Morgan fingerprint density at radius 3 is 2.37 bits per heavy atom. The summed E-state index contributed by atoms with van der Waals surface area (Å²) < 4.78 is 13.3. The van der Waals surface area contributed by atoms with E-state index in [1.54, 1.807) is 19.1 Å². The summed E-state index contributed by atoms with van der Waals surface area (Å²) in [4.78, 5) is 26.5. The SMILES string of the molecule is CCC(=O)C1=C(O)C(=O)N(CCc2ccc(Cl)cc2)C1c1ccc(F)cc1. The molecule has 1 amide bonds. The number of hydrogen-bond acceptors (Lipinski definition) is 3. The molecule has 4 nitrogen and oxygen atoms in total. The van der Waals surface area contributed by atoms with E-state index in [1.807, 2.05) is 12.1 Å². The highest BCUT2D eigenvalue weighted by Gasteiger charge is 2.42. The van der Waals surface area contributed by atoms with Crippen LogP contribution >= 0.6 is 11.6 Å². The summed E-state index contributed by atoms with van der Waals surface area (Å²) in [7, 11) is 0. The van der Waals surface area contributed by atoms with Gasteiger partial charge in [0.1, 0.15) is 5.82 Å². The Labute approximate surface area is 161 Å². The summed E-state index contributed by atoms with van der Waals surface area (Å²) in [6.07, 6.45) is 0.691. The van der Waals surface area contributed by atoms with Crippen LogP contribution in [0, 0.1) is 5.82 Å². The molecule has 0 aliphatic carbocycles. The molecule has 27 heavy (non-hydrogen) atoms. The number of benzene rings is 2. The Morgan fingerprint density at radius 2 is 1.78 bits per heavy atom. The van der Waals surface area contributed by atoms with Crippen LogP contribution in [0.25, 0.3) is 0 Å². The van der Waals surface area contributed by atoms with Crippen molar-refractivity contribution in [2.45, 2.75) is 25.8 Å². The molecule has 6 heteroatoms. The summed E-state index contributed by atoms with van der Waals surface area (Å²) in [5.74, 6) is -1.82. The van der Waals surface area contributed by atoms with E-state index in [-0.39, 0.29) is 17.8 Å². The number of Topliss-reactive ketones (excluding diaryl/α,β-unsaturated/α-hetero) is 1. The molecular weight excluding hydrogens is 369 g/mol. The number of ketones is 1. The minimum Gasteiger partial charge on any atom is -0.503 e. The van der Waals surface area contributed by atoms with Crippen molar-refractivity contribution in [2.24, 2.45) is 0 Å². The minimum atomic E-state index is -0.724. The molecule has 1 aliphatic rings. The number of aliphatic hydroxyl groups is 1. The van der Waals surface area contributed by atoms with Crippen molar-refractivity contribution >= 4 is 23.3 Å². The summed E-state index contributed by atoms with van der Waals surface area (Å²) in [6, 6.07) is 12.2. The zero-order valence-corrected chi connectivity index (χ0v) is 15.5. The van der Waals surface area contributed by atoms with Crippen LogP contribution in [0.5, 0.6) is 0 Å². The number of halogens is 2. The van der Waals surface area contributed by atoms with Gasteiger partial charge in [-0.05, 0) is 41.8 Å². The zero-order chi connectivity index (χ0) is 19.6. The molecule has 3 rings (SSSR count). The monoisotopic (exact) mass is 387 g/mol. The highest BCUT2D eigenvalue weighted by Crippen LogP contribution is 2.38. The standard InChI is InChI=1S/C21H19ClFNO3/c1-2-17(25)18-19(14-5-9-16(23)10-6-14)24(21(27)20(18)26)12-11-13-3-7-15(22)8-4-13/h3-10,19,26H,2,11-12H2,1H3. The van der Waals surface area contributed by atoms with Crippen LogP contribution in [0.3, 0.4) is 0 Å². The molecule has 0 radical (unpaired) electrons. The van der Waals surface area contributed by atoms with Crippen molar-refractivity contribution < 1.29 is 19.1 Å². The molecular formula is C21H19ClFNO3. The molecule has 1 atom stereocenters. The van der Waals surface area contributed by atoms with E-state index in [1.165, 1.54) is 29.2 Å². The number of carbonyl (C=O) groups excluding carboxylic acids is 2. The maximum Gasteiger partial charge on any atom is 0.290 e. The first kappa shape index (κ1) is 19.1. The van der Waals surface area contributed by atoms with Gasteiger partial charge in [-0.2, -0.15) is 0 Å². The Kier molecular flexibility index (Phi) is 5.61. The normalized spacial score (nSPS) is 16.9. The summed E-state index contributed by atoms with van der Waals surface area (Å²) in [5, 5.41) is 10.9. The number of amides is 1. The van der Waals surface area contributed by atoms with Crippen LogP contribution in [0.4, 0.5) is 4.39 Å². The largest absolute Gasteiger partial charge is 0.503 e. The molecule has 1 N–H and O–H groups in total. The Hall–Kier alpha value is -2.66. The summed E-state index contributed by atoms with van der Waals surface area (Å²) in [5.41, 5.74) is 1.63. The molecule has 0 aromatic heterocycles. The van der Waals surface area contributed by atoms with Crippen molar-refractivity contribution in [3.63, 3.8) is 0 Å². The number of carbonyl (C=O) groups is 2. The zero-order valence-electron chi connectivity index (χ0n) is 14.8. The summed E-state index contributed by atoms with van der Waals surface area (Å²) >= 11 is 5.89. The van der Waals surface area contributed by atoms with Crippen molar-refractivity contribution in [3.05, 3.63) is 81.8 Å². The first-order valence-corrected chi connectivity index (χ1v) is 9.07. The van der Waals surface area contributed by atoms with E-state index in [4.69, 9.17) is 11.6 Å². The fourth-order valence-corrected chi connectivity index (χ4v) is 3.38. The van der Waals surface area contributed by atoms with Gasteiger partial charge in [-0.1, -0.05) is 42.8 Å². The average Bonchev–Trinajstić information content (AvgIpc) is 2.92. The minimum absolute atomic E-state index is 0.0743. The molecule has 0 spiro atoms. The van der Waals surface area contributed by atoms with Crippen LogP contribution < -0.4 is 0 Å². The maximum atomic E-state index is 13.3. The Bertz CT molecular complexity index is 891. The third-order valence-electron chi connectivity index (χ3n) is 4.67. The van der Waals surface area contributed by atoms with Gasteiger partial charge in [-0.15, -0.1) is 0 Å². The molecule has 2 aromatic carbocycles. The highest BCUT2D eigenvalue weighted by atomic mass is 35.5. The van der Waals surface area contributed by atoms with E-state index in [0.29, 0.717) is 23.6 Å². The fraction of sp³-hybridized carbons (Fsp3) is 0.238. The first-order valence-electron chi connectivity index (χ1n) is 8.69. The van der Waals surface area contributed by atoms with Crippen molar-refractivity contribution in [1.29, 1.82) is 0 Å². The van der Waals surface area contributed by atoms with Gasteiger partial charge in [0.25, 0.3) is 5.91 Å². The molecule has 0 fully saturated rings. The number of aliphatic hydroxyl groups excluding tert-OH is 1. The van der Waals surface area contributed by atoms with E-state index in [9.17, 15) is 19.1 Å². The van der Waals surface area contributed by atoms with Crippen molar-refractivity contribution in [1.82, 2.24) is 4.90 Å². The van der Waals surface area contributed by atoms with Gasteiger partial charge in [0, 0.05) is 18.0 Å². The van der Waals surface area contributed by atoms with Crippen LogP contribution in [0.1, 0.15) is 30.5 Å². The number of rotatable bonds is 6. The van der Waals surface area contributed by atoms with E-state index >= 15 is 0 Å². The van der Waals surface area contributed by atoms with Gasteiger partial charge < -0.3 is 10.0 Å². The highest BCUT2D eigenvalue weighted by molar-refractivity contribution is 6.30. The van der Waals surface area contributed by atoms with Crippen molar-refractivity contribution in [2.75, 3.05) is 6.54 Å². The topological polar surface area (TPSA) is 57.6 Å². The Morgan fingerprint density at radius 1 is 1.15 bits per heavy atom. The smallest absolute Gasteiger partial charge is 0.290 e. The molecule has 140 valence electrons. The number of hydrogen-bond donors (Lipinski definition) is 1. The van der Waals surface area contributed by atoms with Crippen LogP contribution in [0.15, 0.2) is 59.9 Å². The predicted molar refractivity (Wildman–Crippen MR) is 101 cm³/mol. The Balaban J connectivity index is 1.93. The third-order valence-corrected chi connectivity index (χ3v) is 4.92. The molecule has 1 aliphatic heterocycles. The van der Waals surface area contributed by atoms with Crippen LogP contribution in [-0.2, 0) is 16.0 Å². The van der Waals surface area contributed by atoms with Gasteiger partial charge in [0.2, 0.25) is 0 Å². The molecule has 0 saturated carbocycles. The summed E-state index contributed by atoms with van der Waals surface area (Å²) in [6.45, 7) is 1.97. The fourth-order valence-electron chi connectivity index (χ4n) is 3.25. The van der Waals surface area contributed by atoms with Gasteiger partial charge in [0.05, 0.1) is 11.6 Å². The van der Waals surface area contributed by atoms with E-state index in [2.05, 4.69) is 0 Å². The van der Waals surface area contributed by atoms with Crippen LogP contribution in [-0.4, -0.2) is 28.2 Å². The van der Waals surface area contributed by atoms with E-state index < -0.39 is 23.5 Å². The van der Waals surface area contributed by atoms with Gasteiger partial charge in [-0.3, -0.25) is 9.59 Å². The quantitative estimate of drug-likeness (QED) is 0.799. The first-order chi connectivity index (χ1) is 12.9. The molecule has 1 unspecified atom stereocenters. The number of nitrogens with zero attached hydrogens (tertiary/aromatic N) is 1. The second kappa shape index (κ2) is 7.92. The molecule has 1 heterocycles. The lowest BCUT2D eigenvalue weighted by Crippen LogP contribution is -2.33. The maximum absolute atomic E-state index is 13.3. The molecule has 0 saturated heterocycles. The van der Waals surface area contributed by atoms with Crippen LogP contribution in [0.2, 0.25) is 5.02 Å². The van der Waals surface area contributed by atoms with E-state index in [0.717, 1.165) is 5.56 Å². The predicted octanol–water partition coefficient (Wildman–Crippen LogP) is 4.40. The van der Waals surface area contributed by atoms with Gasteiger partial charge in [0.15, 0.2) is 11.5 Å². The van der Waals surface area contributed by atoms with Gasteiger partial charge >= 0.3 is 0 Å². The lowest BCUT2D eigenvalue weighted by Gasteiger charge is -2.27. The van der Waals surface area contributed by atoms with Crippen molar-refractivity contribution in [3.8, 4) is 0 Å². The second-order valence-corrected chi connectivity index (χ2v) is 6.80. The second-order valence-electron chi connectivity index (χ2n) is 6.37.